The number of aromatic nitrogens is 2. The number of hydrogen-bond acceptors (Lipinski definition) is 4. The molecule has 0 amide bonds. The van der Waals surface area contributed by atoms with E-state index in [9.17, 15) is 8.42 Å². The second-order valence-electron chi connectivity index (χ2n) is 4.06. The molecule has 0 spiro atoms. The molecule has 1 aromatic carbocycles. The minimum Gasteiger partial charge on any atom is -0.375 e. The first-order chi connectivity index (χ1) is 8.92. The number of aromatic amines is 1. The topological polar surface area (TPSA) is 78.1 Å². The molecular formula is C11H13ClN4O2S. The normalized spacial score (nSPS) is 11.3. The van der Waals surface area contributed by atoms with Crippen LogP contribution < -0.4 is 9.62 Å². The van der Waals surface area contributed by atoms with Crippen LogP contribution in [-0.4, -0.2) is 32.7 Å². The van der Waals surface area contributed by atoms with Crippen molar-refractivity contribution in [2.24, 2.45) is 0 Å². The van der Waals surface area contributed by atoms with Gasteiger partial charge < -0.3 is 4.90 Å². The molecule has 1 aromatic heterocycles. The van der Waals surface area contributed by atoms with E-state index in [1.165, 1.54) is 12.3 Å². The van der Waals surface area contributed by atoms with Crippen molar-refractivity contribution in [3.63, 3.8) is 0 Å². The van der Waals surface area contributed by atoms with E-state index in [2.05, 4.69) is 14.9 Å². The van der Waals surface area contributed by atoms with Gasteiger partial charge in [0.1, 0.15) is 0 Å². The van der Waals surface area contributed by atoms with Crippen LogP contribution in [0.4, 0.5) is 11.4 Å². The van der Waals surface area contributed by atoms with Crippen LogP contribution >= 0.6 is 11.6 Å². The van der Waals surface area contributed by atoms with E-state index >= 15 is 0 Å². The average Bonchev–Trinajstić information content (AvgIpc) is 2.81. The molecule has 0 aliphatic heterocycles. The van der Waals surface area contributed by atoms with E-state index in [0.717, 1.165) is 0 Å². The highest BCUT2D eigenvalue weighted by Gasteiger charge is 2.19. The van der Waals surface area contributed by atoms with Crippen LogP contribution in [0.1, 0.15) is 0 Å². The summed E-state index contributed by atoms with van der Waals surface area (Å²) in [5.74, 6) is 0. The van der Waals surface area contributed by atoms with Crippen LogP contribution in [0.3, 0.4) is 0 Å². The third-order valence-corrected chi connectivity index (χ3v) is 4.04. The van der Waals surface area contributed by atoms with Crippen molar-refractivity contribution in [1.82, 2.24) is 10.2 Å². The molecule has 1 heterocycles. The summed E-state index contributed by atoms with van der Waals surface area (Å²) in [5, 5.41) is 6.50. The Bertz CT molecular complexity index is 668. The maximum atomic E-state index is 12.1. The molecule has 2 rings (SSSR count). The quantitative estimate of drug-likeness (QED) is 0.904. The van der Waals surface area contributed by atoms with Crippen LogP contribution in [0.5, 0.6) is 0 Å². The molecule has 6 nitrogen and oxygen atoms in total. The molecule has 0 saturated carbocycles. The van der Waals surface area contributed by atoms with E-state index in [-0.39, 0.29) is 5.03 Å². The zero-order valence-corrected chi connectivity index (χ0v) is 12.0. The molecule has 0 saturated heterocycles. The van der Waals surface area contributed by atoms with Gasteiger partial charge in [-0.3, -0.25) is 9.82 Å². The lowest BCUT2D eigenvalue weighted by atomic mass is 10.2. The number of hydrogen-bond donors (Lipinski definition) is 2. The number of nitrogens with zero attached hydrogens (tertiary/aromatic N) is 2. The van der Waals surface area contributed by atoms with Crippen LogP contribution in [0, 0.1) is 0 Å². The maximum Gasteiger partial charge on any atom is 0.278 e. The highest BCUT2D eigenvalue weighted by atomic mass is 35.5. The average molecular weight is 301 g/mol. The van der Waals surface area contributed by atoms with Crippen molar-refractivity contribution in [3.8, 4) is 0 Å². The lowest BCUT2D eigenvalue weighted by Gasteiger charge is -2.19. The van der Waals surface area contributed by atoms with E-state index in [1.807, 2.05) is 0 Å². The van der Waals surface area contributed by atoms with Crippen molar-refractivity contribution in [2.45, 2.75) is 5.03 Å². The largest absolute Gasteiger partial charge is 0.375 e. The lowest BCUT2D eigenvalue weighted by Crippen LogP contribution is -2.17. The Morgan fingerprint density at radius 1 is 1.32 bits per heavy atom. The minimum absolute atomic E-state index is 0.00261. The molecule has 2 aromatic rings. The summed E-state index contributed by atoms with van der Waals surface area (Å²) in [7, 11) is -0.122. The van der Waals surface area contributed by atoms with Gasteiger partial charge in [0.15, 0.2) is 5.03 Å². The molecule has 8 heteroatoms. The number of rotatable bonds is 4. The van der Waals surface area contributed by atoms with E-state index in [4.69, 9.17) is 11.6 Å². The summed E-state index contributed by atoms with van der Waals surface area (Å²) >= 11 is 6.08. The monoisotopic (exact) mass is 300 g/mol. The summed E-state index contributed by atoms with van der Waals surface area (Å²) < 4.78 is 26.7. The molecular weight excluding hydrogens is 288 g/mol. The smallest absolute Gasteiger partial charge is 0.278 e. The molecule has 2 N–H and O–H groups in total. The Balaban J connectivity index is 2.43. The summed E-state index contributed by atoms with van der Waals surface area (Å²) in [5.41, 5.74) is 1.01. The SMILES string of the molecule is CN(C)c1c(Cl)cccc1NS(=O)(=O)c1ccn[nH]1. The van der Waals surface area contributed by atoms with Crippen molar-refractivity contribution < 1.29 is 8.42 Å². The molecule has 0 atom stereocenters. The van der Waals surface area contributed by atoms with Crippen molar-refractivity contribution in [3.05, 3.63) is 35.5 Å². The lowest BCUT2D eigenvalue weighted by molar-refractivity contribution is 0.597. The van der Waals surface area contributed by atoms with Crippen LogP contribution in [0.25, 0.3) is 0 Å². The molecule has 102 valence electrons. The Morgan fingerprint density at radius 3 is 2.63 bits per heavy atom. The van der Waals surface area contributed by atoms with Gasteiger partial charge in [0.05, 0.1) is 22.6 Å². The summed E-state index contributed by atoms with van der Waals surface area (Å²) in [6.45, 7) is 0. The molecule has 0 unspecified atom stereocenters. The summed E-state index contributed by atoms with van der Waals surface area (Å²) in [4.78, 5) is 1.74. The zero-order valence-electron chi connectivity index (χ0n) is 10.4. The van der Waals surface area contributed by atoms with Gasteiger partial charge in [0.25, 0.3) is 10.0 Å². The first kappa shape index (κ1) is 13.7. The fourth-order valence-corrected chi connectivity index (χ4v) is 2.97. The molecule has 19 heavy (non-hydrogen) atoms. The second-order valence-corrected chi connectivity index (χ2v) is 6.11. The zero-order chi connectivity index (χ0) is 14.0. The third kappa shape index (κ3) is 2.82. The summed E-state index contributed by atoms with van der Waals surface area (Å²) in [6, 6.07) is 6.41. The Hall–Kier alpha value is -1.73. The van der Waals surface area contributed by atoms with E-state index < -0.39 is 10.0 Å². The number of benzene rings is 1. The maximum absolute atomic E-state index is 12.1. The standard InChI is InChI=1S/C11H13ClN4O2S/c1-16(2)11-8(12)4-3-5-9(11)15-19(17,18)10-6-7-13-14-10/h3-7,15H,1-2H3,(H,13,14). The highest BCUT2D eigenvalue weighted by molar-refractivity contribution is 7.92. The number of nitrogens with one attached hydrogen (secondary N) is 2. The molecule has 0 fully saturated rings. The first-order valence-corrected chi connectivity index (χ1v) is 7.26. The first-order valence-electron chi connectivity index (χ1n) is 5.40. The van der Waals surface area contributed by atoms with Gasteiger partial charge in [-0.1, -0.05) is 17.7 Å². The number of anilines is 2. The molecule has 0 aliphatic carbocycles. The fraction of sp³-hybridized carbons (Fsp3) is 0.182. The molecule has 0 bridgehead atoms. The Morgan fingerprint density at radius 2 is 2.05 bits per heavy atom. The minimum atomic E-state index is -3.70. The van der Waals surface area contributed by atoms with Crippen LogP contribution in [-0.2, 0) is 10.0 Å². The highest BCUT2D eigenvalue weighted by Crippen LogP contribution is 2.33. The third-order valence-electron chi connectivity index (χ3n) is 2.44. The molecule has 0 aliphatic rings. The molecule has 0 radical (unpaired) electrons. The van der Waals surface area contributed by atoms with Gasteiger partial charge in [-0.15, -0.1) is 0 Å². The number of H-pyrrole nitrogens is 1. The van der Waals surface area contributed by atoms with Crippen molar-refractivity contribution in [1.29, 1.82) is 0 Å². The van der Waals surface area contributed by atoms with Gasteiger partial charge in [0, 0.05) is 14.1 Å². The Labute approximate surface area is 116 Å². The van der Waals surface area contributed by atoms with Crippen LogP contribution in [0.2, 0.25) is 5.02 Å². The van der Waals surface area contributed by atoms with Crippen molar-refractivity contribution in [2.75, 3.05) is 23.7 Å². The van der Waals surface area contributed by atoms with Gasteiger partial charge in [-0.05, 0) is 18.2 Å². The van der Waals surface area contributed by atoms with Gasteiger partial charge in [-0.25, -0.2) is 0 Å². The van der Waals surface area contributed by atoms with Gasteiger partial charge in [0.2, 0.25) is 0 Å². The second kappa shape index (κ2) is 5.10. The predicted octanol–water partition coefficient (Wildman–Crippen LogP) is 1.93. The van der Waals surface area contributed by atoms with E-state index in [1.54, 1.807) is 37.2 Å². The number of sulfonamides is 1. The fourth-order valence-electron chi connectivity index (χ4n) is 1.64. The van der Waals surface area contributed by atoms with Crippen LogP contribution in [0.15, 0.2) is 35.5 Å². The number of para-hydroxylation sites is 1. The van der Waals surface area contributed by atoms with Gasteiger partial charge in [-0.2, -0.15) is 13.5 Å². The Kier molecular flexibility index (Phi) is 3.68. The van der Waals surface area contributed by atoms with Crippen molar-refractivity contribution >= 4 is 33.0 Å². The van der Waals surface area contributed by atoms with E-state index in [0.29, 0.717) is 16.4 Å². The summed E-state index contributed by atoms with van der Waals surface area (Å²) in [6.07, 6.45) is 1.37. The van der Waals surface area contributed by atoms with Gasteiger partial charge >= 0.3 is 0 Å². The predicted molar refractivity (Wildman–Crippen MR) is 75.2 cm³/mol. The number of halogens is 1.